The Balaban J connectivity index is 1.36. The number of aldehydes is 1. The van der Waals surface area contributed by atoms with E-state index in [9.17, 15) is 9.59 Å². The number of amides is 1. The highest BCUT2D eigenvalue weighted by molar-refractivity contribution is 5.79. The van der Waals surface area contributed by atoms with Gasteiger partial charge in [-0.2, -0.15) is 0 Å². The molecule has 0 saturated carbocycles. The molecule has 0 radical (unpaired) electrons. The Morgan fingerprint density at radius 1 is 1.03 bits per heavy atom. The maximum Gasteiger partial charge on any atom is 0.407 e. The van der Waals surface area contributed by atoms with Crippen molar-refractivity contribution in [1.29, 1.82) is 0 Å². The van der Waals surface area contributed by atoms with Crippen LogP contribution in [-0.2, 0) is 4.74 Å². The molecule has 1 N–H and O–H groups in total. The number of fused-ring (bicyclic) bond motifs is 3. The van der Waals surface area contributed by atoms with E-state index in [2.05, 4.69) is 41.4 Å². The molecule has 0 bridgehead atoms. The minimum atomic E-state index is -0.523. The molecule has 0 aromatic heterocycles. The van der Waals surface area contributed by atoms with E-state index >= 15 is 0 Å². The number of rotatable bonds is 5. The third kappa shape index (κ3) is 4.29. The average Bonchev–Trinajstić information content (AvgIpc) is 3.14. The van der Waals surface area contributed by atoms with Crippen LogP contribution in [0.5, 0.6) is 5.75 Å². The van der Waals surface area contributed by atoms with E-state index < -0.39 is 6.09 Å². The summed E-state index contributed by atoms with van der Waals surface area (Å²) in [5.74, 6) is 6.36. The lowest BCUT2D eigenvalue weighted by Crippen LogP contribution is -2.26. The Kier molecular flexibility index (Phi) is 6.00. The number of methoxy groups -OCH3 is 1. The molecule has 5 heteroatoms. The summed E-state index contributed by atoms with van der Waals surface area (Å²) >= 11 is 0. The number of hydrogen-bond acceptors (Lipinski definition) is 4. The molecule has 3 aromatic rings. The molecule has 4 rings (SSSR count). The van der Waals surface area contributed by atoms with Crippen molar-refractivity contribution in [3.8, 4) is 28.7 Å². The molecule has 0 spiro atoms. The van der Waals surface area contributed by atoms with Crippen molar-refractivity contribution in [3.63, 3.8) is 0 Å². The van der Waals surface area contributed by atoms with E-state index in [-0.39, 0.29) is 19.1 Å². The zero-order valence-corrected chi connectivity index (χ0v) is 17.1. The van der Waals surface area contributed by atoms with Gasteiger partial charge in [-0.15, -0.1) is 0 Å². The van der Waals surface area contributed by atoms with Crippen LogP contribution >= 0.6 is 0 Å². The first kappa shape index (κ1) is 20.2. The van der Waals surface area contributed by atoms with Gasteiger partial charge in [-0.25, -0.2) is 4.79 Å². The molecule has 1 amide bonds. The lowest BCUT2D eigenvalue weighted by atomic mass is 9.98. The predicted octanol–water partition coefficient (Wildman–Crippen LogP) is 4.40. The molecule has 31 heavy (non-hydrogen) atoms. The van der Waals surface area contributed by atoms with Gasteiger partial charge in [-0.1, -0.05) is 60.4 Å². The van der Waals surface area contributed by atoms with Crippen molar-refractivity contribution in [3.05, 3.63) is 89.0 Å². The van der Waals surface area contributed by atoms with Crippen LogP contribution in [0.1, 0.15) is 33.0 Å². The van der Waals surface area contributed by atoms with Gasteiger partial charge < -0.3 is 14.8 Å². The van der Waals surface area contributed by atoms with Gasteiger partial charge in [0, 0.05) is 11.5 Å². The first-order chi connectivity index (χ1) is 15.2. The molecule has 1 aliphatic rings. The van der Waals surface area contributed by atoms with Crippen molar-refractivity contribution < 1.29 is 19.1 Å². The van der Waals surface area contributed by atoms with Crippen LogP contribution < -0.4 is 10.1 Å². The number of ether oxygens (including phenoxy) is 2. The van der Waals surface area contributed by atoms with E-state index in [0.717, 1.165) is 6.29 Å². The summed E-state index contributed by atoms with van der Waals surface area (Å²) in [4.78, 5) is 23.1. The van der Waals surface area contributed by atoms with Crippen LogP contribution in [0.15, 0.2) is 66.7 Å². The summed E-state index contributed by atoms with van der Waals surface area (Å²) in [5, 5.41) is 2.65. The molecular weight excluding hydrogens is 390 g/mol. The first-order valence-electron chi connectivity index (χ1n) is 9.92. The van der Waals surface area contributed by atoms with Gasteiger partial charge in [0.1, 0.15) is 18.6 Å². The maximum absolute atomic E-state index is 12.2. The third-order valence-electron chi connectivity index (χ3n) is 5.25. The van der Waals surface area contributed by atoms with Crippen molar-refractivity contribution in [2.45, 2.75) is 5.92 Å². The minimum absolute atomic E-state index is 0.0135. The van der Waals surface area contributed by atoms with Gasteiger partial charge in [0.05, 0.1) is 19.2 Å². The van der Waals surface area contributed by atoms with Gasteiger partial charge in [0.15, 0.2) is 0 Å². The first-order valence-corrected chi connectivity index (χ1v) is 9.92. The molecule has 154 valence electrons. The van der Waals surface area contributed by atoms with E-state index in [1.54, 1.807) is 18.2 Å². The summed E-state index contributed by atoms with van der Waals surface area (Å²) in [6.45, 7) is 0.369. The standard InChI is InChI=1S/C26H21NO4/c1-30-25-13-12-18(16-28)15-19(25)7-6-14-27-26(29)31-17-24-22-10-4-2-8-20(22)21-9-3-5-11-23(21)24/h2-5,8-13,15-16,24H,14,17H2,1H3,(H,27,29). The Morgan fingerprint density at radius 3 is 2.35 bits per heavy atom. The second-order valence-corrected chi connectivity index (χ2v) is 7.06. The molecule has 0 fully saturated rings. The molecule has 0 heterocycles. The van der Waals surface area contributed by atoms with Gasteiger partial charge in [-0.3, -0.25) is 4.79 Å². The molecule has 5 nitrogen and oxygen atoms in total. The summed E-state index contributed by atoms with van der Waals surface area (Å²) in [5.41, 5.74) is 5.79. The fraction of sp³-hybridized carbons (Fsp3) is 0.154. The fourth-order valence-electron chi connectivity index (χ4n) is 3.80. The van der Waals surface area contributed by atoms with E-state index in [4.69, 9.17) is 9.47 Å². The zero-order valence-electron chi connectivity index (χ0n) is 17.1. The zero-order chi connectivity index (χ0) is 21.6. The minimum Gasteiger partial charge on any atom is -0.495 e. The number of carbonyl (C=O) groups is 2. The summed E-state index contributed by atoms with van der Waals surface area (Å²) < 4.78 is 10.7. The van der Waals surface area contributed by atoms with E-state index in [1.165, 1.54) is 29.4 Å². The van der Waals surface area contributed by atoms with Gasteiger partial charge in [0.2, 0.25) is 0 Å². The average molecular weight is 411 g/mol. The molecule has 1 aliphatic carbocycles. The van der Waals surface area contributed by atoms with Crippen molar-refractivity contribution >= 4 is 12.4 Å². The topological polar surface area (TPSA) is 64.6 Å². The Bertz CT molecular complexity index is 1140. The maximum atomic E-state index is 12.2. The number of benzene rings is 3. The van der Waals surface area contributed by atoms with Gasteiger partial charge >= 0.3 is 6.09 Å². The summed E-state index contributed by atoms with van der Waals surface area (Å²) in [7, 11) is 1.54. The highest BCUT2D eigenvalue weighted by Gasteiger charge is 2.28. The lowest BCUT2D eigenvalue weighted by molar-refractivity contribution is 0.112. The monoisotopic (exact) mass is 411 g/mol. The van der Waals surface area contributed by atoms with Crippen LogP contribution in [0.2, 0.25) is 0 Å². The molecule has 0 unspecified atom stereocenters. The second-order valence-electron chi connectivity index (χ2n) is 7.06. The highest BCUT2D eigenvalue weighted by atomic mass is 16.5. The Labute approximate surface area is 181 Å². The smallest absolute Gasteiger partial charge is 0.407 e. The summed E-state index contributed by atoms with van der Waals surface area (Å²) in [6, 6.07) is 21.4. The molecule has 0 atom stereocenters. The van der Waals surface area contributed by atoms with E-state index in [0.29, 0.717) is 16.9 Å². The van der Waals surface area contributed by atoms with Crippen LogP contribution in [-0.4, -0.2) is 32.6 Å². The van der Waals surface area contributed by atoms with Crippen LogP contribution in [0.3, 0.4) is 0 Å². The molecule has 0 aliphatic heterocycles. The van der Waals surface area contributed by atoms with Crippen molar-refractivity contribution in [2.75, 3.05) is 20.3 Å². The van der Waals surface area contributed by atoms with Crippen molar-refractivity contribution in [2.24, 2.45) is 0 Å². The third-order valence-corrected chi connectivity index (χ3v) is 5.25. The highest BCUT2D eigenvalue weighted by Crippen LogP contribution is 2.44. The van der Waals surface area contributed by atoms with Crippen LogP contribution in [0.4, 0.5) is 4.79 Å². The lowest BCUT2D eigenvalue weighted by Gasteiger charge is -2.14. The molecular formula is C26H21NO4. The second kappa shape index (κ2) is 9.19. The quantitative estimate of drug-likeness (QED) is 0.499. The number of nitrogens with one attached hydrogen (secondary N) is 1. The number of hydrogen-bond donors (Lipinski definition) is 1. The van der Waals surface area contributed by atoms with Gasteiger partial charge in [0.25, 0.3) is 0 Å². The van der Waals surface area contributed by atoms with Crippen molar-refractivity contribution in [1.82, 2.24) is 5.32 Å². The number of carbonyl (C=O) groups excluding carboxylic acids is 2. The van der Waals surface area contributed by atoms with Crippen LogP contribution in [0, 0.1) is 11.8 Å². The largest absolute Gasteiger partial charge is 0.495 e. The van der Waals surface area contributed by atoms with Gasteiger partial charge in [-0.05, 0) is 40.5 Å². The predicted molar refractivity (Wildman–Crippen MR) is 118 cm³/mol. The number of alkyl carbamates (subject to hydrolysis) is 1. The normalized spacial score (nSPS) is 11.5. The molecule has 0 saturated heterocycles. The van der Waals surface area contributed by atoms with E-state index in [1.807, 2.05) is 24.3 Å². The summed E-state index contributed by atoms with van der Waals surface area (Å²) in [6.07, 6.45) is 0.226. The Morgan fingerprint density at radius 2 is 1.71 bits per heavy atom. The molecule has 3 aromatic carbocycles. The van der Waals surface area contributed by atoms with Crippen LogP contribution in [0.25, 0.3) is 11.1 Å². The Hall–Kier alpha value is -4.04. The fourth-order valence-corrected chi connectivity index (χ4v) is 3.80. The SMILES string of the molecule is COc1ccc(C=O)cc1C#CCNC(=O)OCC1c2ccccc2-c2ccccc21.